The molecule has 0 aliphatic carbocycles. The minimum atomic E-state index is -0.0575. The maximum absolute atomic E-state index is 12.2. The van der Waals surface area contributed by atoms with Crippen LogP contribution in [-0.2, 0) is 22.4 Å². The van der Waals surface area contributed by atoms with Crippen LogP contribution in [0.2, 0.25) is 0 Å². The van der Waals surface area contributed by atoms with Crippen molar-refractivity contribution >= 4 is 17.2 Å². The predicted molar refractivity (Wildman–Crippen MR) is 102 cm³/mol. The lowest BCUT2D eigenvalue weighted by atomic mass is 9.97. The molecule has 0 radical (unpaired) electrons. The summed E-state index contributed by atoms with van der Waals surface area (Å²) >= 11 is 1.65. The molecule has 26 heavy (non-hydrogen) atoms. The van der Waals surface area contributed by atoms with E-state index in [9.17, 15) is 4.79 Å². The van der Waals surface area contributed by atoms with Crippen LogP contribution in [0.25, 0.3) is 10.6 Å². The van der Waals surface area contributed by atoms with E-state index in [0.29, 0.717) is 26.0 Å². The number of hydrogen-bond acceptors (Lipinski definition) is 4. The smallest absolute Gasteiger partial charge is 0.220 e. The van der Waals surface area contributed by atoms with Gasteiger partial charge in [0.1, 0.15) is 17.6 Å². The van der Waals surface area contributed by atoms with E-state index in [1.165, 1.54) is 11.1 Å². The Morgan fingerprint density at radius 3 is 2.96 bits per heavy atom. The van der Waals surface area contributed by atoms with E-state index in [-0.39, 0.29) is 12.0 Å². The normalized spacial score (nSPS) is 16.2. The van der Waals surface area contributed by atoms with Crippen molar-refractivity contribution in [2.45, 2.75) is 25.4 Å². The molecule has 1 N–H and O–H groups in total. The molecule has 1 amide bonds. The highest BCUT2D eigenvalue weighted by atomic mass is 32.1. The largest absolute Gasteiger partial charge is 0.460 e. The van der Waals surface area contributed by atoms with Crippen molar-refractivity contribution in [1.29, 1.82) is 0 Å². The Hall–Kier alpha value is -2.37. The third kappa shape index (κ3) is 3.89. The summed E-state index contributed by atoms with van der Waals surface area (Å²) in [5, 5.41) is 5.02. The quantitative estimate of drug-likeness (QED) is 0.704. The van der Waals surface area contributed by atoms with E-state index in [4.69, 9.17) is 9.15 Å². The van der Waals surface area contributed by atoms with Gasteiger partial charge in [-0.3, -0.25) is 4.79 Å². The molecular formula is C21H21NO3S. The zero-order valence-electron chi connectivity index (χ0n) is 14.4. The number of nitrogens with one attached hydrogen (secondary N) is 1. The Balaban J connectivity index is 1.28. The zero-order valence-corrected chi connectivity index (χ0v) is 15.3. The summed E-state index contributed by atoms with van der Waals surface area (Å²) in [6.45, 7) is 1.21. The molecular weight excluding hydrogens is 346 g/mol. The van der Waals surface area contributed by atoms with Crippen LogP contribution in [0.15, 0.2) is 58.3 Å². The lowest BCUT2D eigenvalue weighted by Gasteiger charge is -2.26. The minimum Gasteiger partial charge on any atom is -0.460 e. The maximum Gasteiger partial charge on any atom is 0.220 e. The average Bonchev–Trinajstić information content (AvgIpc) is 3.36. The molecule has 1 aliphatic heterocycles. The van der Waals surface area contributed by atoms with Crippen LogP contribution >= 0.6 is 11.3 Å². The van der Waals surface area contributed by atoms with Crippen LogP contribution in [0.1, 0.15) is 29.4 Å². The zero-order chi connectivity index (χ0) is 17.8. The number of amides is 1. The van der Waals surface area contributed by atoms with Crippen LogP contribution < -0.4 is 5.32 Å². The molecule has 0 saturated heterocycles. The molecule has 5 heteroatoms. The van der Waals surface area contributed by atoms with Crippen molar-refractivity contribution in [2.24, 2.45) is 0 Å². The molecule has 134 valence electrons. The monoisotopic (exact) mass is 367 g/mol. The Morgan fingerprint density at radius 2 is 2.08 bits per heavy atom. The highest BCUT2D eigenvalue weighted by Gasteiger charge is 2.20. The molecule has 0 bridgehead atoms. The number of thiophene rings is 1. The number of carbonyl (C=O) groups excluding carboxylic acids is 1. The minimum absolute atomic E-state index is 0.0192. The molecule has 0 fully saturated rings. The van der Waals surface area contributed by atoms with Gasteiger partial charge in [-0.05, 0) is 41.1 Å². The number of carbonyl (C=O) groups is 1. The Labute approximate surface area is 156 Å². The van der Waals surface area contributed by atoms with Crippen molar-refractivity contribution < 1.29 is 13.9 Å². The number of fused-ring (bicyclic) bond motifs is 1. The first-order chi connectivity index (χ1) is 12.8. The van der Waals surface area contributed by atoms with E-state index in [1.54, 1.807) is 11.3 Å². The van der Waals surface area contributed by atoms with Crippen molar-refractivity contribution in [1.82, 2.24) is 5.32 Å². The standard InChI is InChI=1S/C21H21NO3S/c23-21(10-8-16-7-9-18(25-16)20-6-3-13-26-20)22-14-19-17-5-2-1-4-15(17)11-12-24-19/h1-7,9,13,19H,8,10-12,14H2,(H,22,23)/t19-/m0/s1. The first-order valence-electron chi connectivity index (χ1n) is 8.88. The summed E-state index contributed by atoms with van der Waals surface area (Å²) in [5.74, 6) is 1.72. The van der Waals surface area contributed by atoms with Gasteiger partial charge in [-0.1, -0.05) is 30.3 Å². The summed E-state index contributed by atoms with van der Waals surface area (Å²) in [6.07, 6.45) is 1.88. The van der Waals surface area contributed by atoms with E-state index < -0.39 is 0 Å². The van der Waals surface area contributed by atoms with Crippen LogP contribution in [0.4, 0.5) is 0 Å². The summed E-state index contributed by atoms with van der Waals surface area (Å²) in [7, 11) is 0. The fourth-order valence-electron chi connectivity index (χ4n) is 3.24. The molecule has 0 unspecified atom stereocenters. The van der Waals surface area contributed by atoms with Crippen LogP contribution in [-0.4, -0.2) is 19.1 Å². The second-order valence-electron chi connectivity index (χ2n) is 6.36. The number of furan rings is 1. The first kappa shape index (κ1) is 17.1. The fourth-order valence-corrected chi connectivity index (χ4v) is 3.93. The second kappa shape index (κ2) is 7.89. The van der Waals surface area contributed by atoms with E-state index >= 15 is 0 Å². The van der Waals surface area contributed by atoms with Crippen LogP contribution in [0.3, 0.4) is 0 Å². The molecule has 3 heterocycles. The highest BCUT2D eigenvalue weighted by molar-refractivity contribution is 7.13. The third-order valence-corrected chi connectivity index (χ3v) is 5.49. The highest BCUT2D eigenvalue weighted by Crippen LogP contribution is 2.27. The van der Waals surface area contributed by atoms with Crippen molar-refractivity contribution in [3.63, 3.8) is 0 Å². The SMILES string of the molecule is O=C(CCc1ccc(-c2cccs2)o1)NC[C@@H]1OCCc2ccccc21. The third-order valence-electron chi connectivity index (χ3n) is 4.60. The topological polar surface area (TPSA) is 51.5 Å². The number of ether oxygens (including phenoxy) is 1. The van der Waals surface area contributed by atoms with Gasteiger partial charge in [-0.15, -0.1) is 11.3 Å². The summed E-state index contributed by atoms with van der Waals surface area (Å²) in [6, 6.07) is 16.2. The molecule has 2 aromatic heterocycles. The lowest BCUT2D eigenvalue weighted by Crippen LogP contribution is -2.31. The summed E-state index contributed by atoms with van der Waals surface area (Å²) in [5.41, 5.74) is 2.50. The predicted octanol–water partition coefficient (Wildman–Crippen LogP) is 4.37. The van der Waals surface area contributed by atoms with Gasteiger partial charge in [0.2, 0.25) is 5.91 Å². The van der Waals surface area contributed by atoms with E-state index in [2.05, 4.69) is 17.4 Å². The van der Waals surface area contributed by atoms with Gasteiger partial charge < -0.3 is 14.5 Å². The molecule has 4 nitrogen and oxygen atoms in total. The Kier molecular flexibility index (Phi) is 5.18. The average molecular weight is 367 g/mol. The molecule has 1 aromatic carbocycles. The van der Waals surface area contributed by atoms with Gasteiger partial charge in [0.15, 0.2) is 0 Å². The van der Waals surface area contributed by atoms with Gasteiger partial charge in [-0.2, -0.15) is 0 Å². The van der Waals surface area contributed by atoms with Gasteiger partial charge in [0, 0.05) is 19.4 Å². The van der Waals surface area contributed by atoms with E-state index in [0.717, 1.165) is 22.8 Å². The molecule has 4 rings (SSSR count). The lowest BCUT2D eigenvalue weighted by molar-refractivity contribution is -0.121. The Bertz CT molecular complexity index is 869. The molecule has 1 aliphatic rings. The van der Waals surface area contributed by atoms with E-state index in [1.807, 2.05) is 41.8 Å². The molecule has 0 spiro atoms. The van der Waals surface area contributed by atoms with Gasteiger partial charge in [-0.25, -0.2) is 0 Å². The first-order valence-corrected chi connectivity index (χ1v) is 9.76. The number of hydrogen-bond donors (Lipinski definition) is 1. The second-order valence-corrected chi connectivity index (χ2v) is 7.30. The summed E-state index contributed by atoms with van der Waals surface area (Å²) in [4.78, 5) is 13.3. The molecule has 0 saturated carbocycles. The van der Waals surface area contributed by atoms with Crippen LogP contribution in [0, 0.1) is 0 Å². The summed E-state index contributed by atoms with van der Waals surface area (Å²) < 4.78 is 11.7. The maximum atomic E-state index is 12.2. The van der Waals surface area contributed by atoms with Gasteiger partial charge >= 0.3 is 0 Å². The number of rotatable bonds is 6. The van der Waals surface area contributed by atoms with Crippen molar-refractivity contribution in [3.8, 4) is 10.6 Å². The van der Waals surface area contributed by atoms with Gasteiger partial charge in [0.25, 0.3) is 0 Å². The van der Waals surface area contributed by atoms with Crippen molar-refractivity contribution in [2.75, 3.05) is 13.2 Å². The number of benzene rings is 1. The van der Waals surface area contributed by atoms with Crippen molar-refractivity contribution in [3.05, 3.63) is 70.8 Å². The van der Waals surface area contributed by atoms with Gasteiger partial charge in [0.05, 0.1) is 11.5 Å². The number of aryl methyl sites for hydroxylation is 1. The Morgan fingerprint density at radius 1 is 1.15 bits per heavy atom. The molecule has 1 atom stereocenters. The van der Waals surface area contributed by atoms with Crippen LogP contribution in [0.5, 0.6) is 0 Å². The fraction of sp³-hybridized carbons (Fsp3) is 0.286. The molecule has 3 aromatic rings.